The van der Waals surface area contributed by atoms with Crippen molar-refractivity contribution in [2.24, 2.45) is 0 Å². The fourth-order valence-corrected chi connectivity index (χ4v) is 10.5. The van der Waals surface area contributed by atoms with E-state index in [1.165, 1.54) is 16.7 Å². The Labute approximate surface area is 185 Å². The van der Waals surface area contributed by atoms with Crippen molar-refractivity contribution in [2.45, 2.75) is 22.3 Å². The molecule has 3 aromatic rings. The van der Waals surface area contributed by atoms with Crippen LogP contribution in [0.25, 0.3) is 17.2 Å². The van der Waals surface area contributed by atoms with Crippen LogP contribution >= 0.6 is 0 Å². The third-order valence-corrected chi connectivity index (χ3v) is 11.4. The van der Waals surface area contributed by atoms with E-state index in [4.69, 9.17) is 0 Å². The Bertz CT molecular complexity index is 1030. The Morgan fingerprint density at radius 1 is 0.679 bits per heavy atom. The zero-order chi connectivity index (χ0) is 17.7. The average Bonchev–Trinajstić information content (AvgIpc) is 3.23. The van der Waals surface area contributed by atoms with Gasteiger partial charge in [0, 0.05) is 0 Å². The van der Waals surface area contributed by atoms with E-state index < -0.39 is 17.4 Å². The second-order valence-electron chi connectivity index (χ2n) is 7.53. The molecular formula is C25H22Cl2Ti. The summed E-state index contributed by atoms with van der Waals surface area (Å²) in [6.45, 7) is 4.77. The smallest absolute Gasteiger partial charge is 1.00 e. The molecule has 2 aliphatic carbocycles. The van der Waals surface area contributed by atoms with E-state index in [0.717, 1.165) is 0 Å². The summed E-state index contributed by atoms with van der Waals surface area (Å²) in [7, 11) is 0. The van der Waals surface area contributed by atoms with Crippen molar-refractivity contribution in [1.82, 2.24) is 0 Å². The largest absolute Gasteiger partial charge is 1.00 e. The van der Waals surface area contributed by atoms with E-state index in [0.29, 0.717) is 8.45 Å². The Balaban J connectivity index is 0.00000112. The first kappa shape index (κ1) is 21.3. The normalized spacial score (nSPS) is 15.4. The summed E-state index contributed by atoms with van der Waals surface area (Å²) < 4.78 is 2.88. The summed E-state index contributed by atoms with van der Waals surface area (Å²) in [4.78, 5) is 0. The van der Waals surface area contributed by atoms with Gasteiger partial charge < -0.3 is 24.8 Å². The molecule has 140 valence electrons. The van der Waals surface area contributed by atoms with Gasteiger partial charge in [-0.05, 0) is 0 Å². The first-order valence-electron chi connectivity index (χ1n) is 9.38. The first-order chi connectivity index (χ1) is 12.8. The SMILES string of the molecule is C[C](C)=[Ti+2]([CH]1C=Cc2ccccc21)[CH]1c2ccccc2-c2ccccc21.[Cl-].[Cl-]. The molecule has 0 amide bonds. The zero-order valence-electron chi connectivity index (χ0n) is 16.0. The molecule has 0 N–H and O–H groups in total. The molecule has 0 nitrogen and oxygen atoms in total. The Morgan fingerprint density at radius 2 is 1.18 bits per heavy atom. The molecule has 0 bridgehead atoms. The molecule has 2 aliphatic rings. The molecule has 28 heavy (non-hydrogen) atoms. The topological polar surface area (TPSA) is 0 Å². The van der Waals surface area contributed by atoms with Gasteiger partial charge in [0.15, 0.2) is 0 Å². The molecule has 3 aromatic carbocycles. The maximum absolute atomic E-state index is 2.50. The van der Waals surface area contributed by atoms with Crippen LogP contribution in [0.2, 0.25) is 0 Å². The van der Waals surface area contributed by atoms with Crippen LogP contribution in [0.4, 0.5) is 0 Å². The van der Waals surface area contributed by atoms with Crippen molar-refractivity contribution in [1.29, 1.82) is 0 Å². The molecule has 0 radical (unpaired) electrons. The number of benzene rings is 3. The van der Waals surface area contributed by atoms with Gasteiger partial charge in [0.05, 0.1) is 0 Å². The van der Waals surface area contributed by atoms with Gasteiger partial charge in [-0.1, -0.05) is 0 Å². The van der Waals surface area contributed by atoms with Crippen LogP contribution in [0.3, 0.4) is 0 Å². The summed E-state index contributed by atoms with van der Waals surface area (Å²) in [6.07, 6.45) is 4.85. The monoisotopic (exact) mass is 440 g/mol. The predicted octanol–water partition coefficient (Wildman–Crippen LogP) is 0.363. The molecule has 5 rings (SSSR count). The molecular weight excluding hydrogens is 419 g/mol. The summed E-state index contributed by atoms with van der Waals surface area (Å²) >= 11 is -1.65. The molecule has 0 spiro atoms. The van der Waals surface area contributed by atoms with Crippen molar-refractivity contribution >= 4 is 9.89 Å². The van der Waals surface area contributed by atoms with E-state index in [9.17, 15) is 0 Å². The van der Waals surface area contributed by atoms with Gasteiger partial charge in [0.25, 0.3) is 0 Å². The van der Waals surface area contributed by atoms with Crippen LogP contribution < -0.4 is 24.8 Å². The van der Waals surface area contributed by atoms with Crippen molar-refractivity contribution in [2.75, 3.05) is 0 Å². The molecule has 0 saturated heterocycles. The van der Waals surface area contributed by atoms with Crippen molar-refractivity contribution in [3.05, 3.63) is 101 Å². The number of hydrogen-bond donors (Lipinski definition) is 0. The summed E-state index contributed by atoms with van der Waals surface area (Å²) in [5.74, 6) is 0. The second-order valence-corrected chi connectivity index (χ2v) is 12.4. The number of fused-ring (bicyclic) bond motifs is 4. The fourth-order valence-electron chi connectivity index (χ4n) is 4.79. The van der Waals surface area contributed by atoms with Crippen LogP contribution in [0.5, 0.6) is 0 Å². The van der Waals surface area contributed by atoms with Crippen LogP contribution in [0.15, 0.2) is 78.9 Å². The van der Waals surface area contributed by atoms with E-state index in [1.807, 2.05) is 0 Å². The third kappa shape index (κ3) is 3.27. The van der Waals surface area contributed by atoms with E-state index in [1.54, 1.807) is 20.5 Å². The molecule has 0 saturated carbocycles. The van der Waals surface area contributed by atoms with Crippen molar-refractivity contribution < 1.29 is 42.2 Å². The molecule has 0 aromatic heterocycles. The van der Waals surface area contributed by atoms with Gasteiger partial charge in [0.2, 0.25) is 0 Å². The molecule has 1 unspecified atom stereocenters. The van der Waals surface area contributed by atoms with E-state index in [-0.39, 0.29) is 24.8 Å². The zero-order valence-corrected chi connectivity index (χ0v) is 19.1. The van der Waals surface area contributed by atoms with E-state index in [2.05, 4.69) is 98.8 Å². The Morgan fingerprint density at radius 3 is 1.75 bits per heavy atom. The molecule has 0 aliphatic heterocycles. The third-order valence-electron chi connectivity index (χ3n) is 5.86. The number of halogens is 2. The van der Waals surface area contributed by atoms with Crippen molar-refractivity contribution in [3.63, 3.8) is 0 Å². The van der Waals surface area contributed by atoms with Crippen LogP contribution in [-0.4, -0.2) is 3.81 Å². The Hall–Kier alpha value is -1.44. The summed E-state index contributed by atoms with van der Waals surface area (Å²) in [5, 5.41) is 0. The second kappa shape index (κ2) is 8.51. The maximum Gasteiger partial charge on any atom is -1.00 e. The van der Waals surface area contributed by atoms with Crippen LogP contribution in [0, 0.1) is 0 Å². The number of rotatable bonds is 2. The van der Waals surface area contributed by atoms with Gasteiger partial charge in [-0.3, -0.25) is 0 Å². The summed E-state index contributed by atoms with van der Waals surface area (Å²) in [5.41, 5.74) is 8.99. The van der Waals surface area contributed by atoms with Gasteiger partial charge >= 0.3 is 162 Å². The predicted molar refractivity (Wildman–Crippen MR) is 108 cm³/mol. The number of hydrogen-bond acceptors (Lipinski definition) is 0. The fraction of sp³-hybridized carbons (Fsp3) is 0.160. The van der Waals surface area contributed by atoms with Crippen LogP contribution in [-0.2, 0) is 17.4 Å². The molecule has 1 atom stereocenters. The molecule has 0 heterocycles. The van der Waals surface area contributed by atoms with Gasteiger partial charge in [-0.15, -0.1) is 0 Å². The van der Waals surface area contributed by atoms with Gasteiger partial charge in [-0.25, -0.2) is 0 Å². The minimum Gasteiger partial charge on any atom is -1.00 e. The summed E-state index contributed by atoms with van der Waals surface area (Å²) in [6, 6.07) is 27.2. The van der Waals surface area contributed by atoms with Crippen molar-refractivity contribution in [3.8, 4) is 11.1 Å². The average molecular weight is 441 g/mol. The number of allylic oxidation sites excluding steroid dienone is 1. The first-order valence-corrected chi connectivity index (χ1v) is 12.0. The van der Waals surface area contributed by atoms with Gasteiger partial charge in [0.1, 0.15) is 0 Å². The Kier molecular flexibility index (Phi) is 6.47. The van der Waals surface area contributed by atoms with Gasteiger partial charge in [-0.2, -0.15) is 0 Å². The van der Waals surface area contributed by atoms with Crippen LogP contribution in [0.1, 0.15) is 44.5 Å². The quantitative estimate of drug-likeness (QED) is 0.505. The minimum absolute atomic E-state index is 0. The minimum atomic E-state index is -1.65. The maximum atomic E-state index is 2.50. The molecule has 0 fully saturated rings. The standard InChI is InChI=1S/C13H9.C9H7.C3H6.2ClH.Ti/c1-3-7-12-10(5-1)9-11-6-2-4-8-13(11)12;1-2-5-9-7-3-6-8(9)4-1;1-3-2;;;/h1-9H;1-7H;1-2H3;2*1H;/q;;;;;+2/p-2. The molecule has 3 heteroatoms. The van der Waals surface area contributed by atoms with E-state index >= 15 is 0 Å².